The second-order valence-corrected chi connectivity index (χ2v) is 32.3. The largest absolute Gasteiger partial charge is 1.00 e. The van der Waals surface area contributed by atoms with E-state index in [-0.39, 0.29) is 35.6 Å². The zero-order valence-corrected chi connectivity index (χ0v) is 31.6. The zero-order valence-electron chi connectivity index (χ0n) is 26.5. The monoisotopic (exact) mass is 774 g/mol. The molecular formula is C40H44Cl2Hf. The molecule has 0 amide bonds. The molecule has 1 heterocycles. The standard InChI is InChI=1S/2C17H17.C6H10.2ClH.Hf/c2*1-17(2,3)14-10-13-9-8-12-6-4-5-7-15(12)16(13)11-14;1-2-4-6-5-3-1;;;/h2*4-11H,1-3H3;1-2H,3-6H2;2*1H;/q;;;;;+2/p-2. The molecule has 1 saturated carbocycles. The van der Waals surface area contributed by atoms with Crippen molar-refractivity contribution in [1.29, 1.82) is 0 Å². The number of rotatable bonds is 2. The Hall–Kier alpha value is -1.67. The summed E-state index contributed by atoms with van der Waals surface area (Å²) in [7, 11) is 0. The van der Waals surface area contributed by atoms with Crippen molar-refractivity contribution < 1.29 is 44.8 Å². The Kier molecular flexibility index (Phi) is 7.80. The van der Waals surface area contributed by atoms with Crippen LogP contribution in [-0.4, -0.2) is 0 Å². The minimum atomic E-state index is -3.25. The Morgan fingerprint density at radius 3 is 1.33 bits per heavy atom. The van der Waals surface area contributed by atoms with Crippen molar-refractivity contribution in [3.05, 3.63) is 106 Å². The van der Waals surface area contributed by atoms with Gasteiger partial charge in [-0.05, 0) is 0 Å². The first-order chi connectivity index (χ1) is 19.6. The van der Waals surface area contributed by atoms with Crippen LogP contribution in [0.3, 0.4) is 0 Å². The van der Waals surface area contributed by atoms with E-state index in [9.17, 15) is 0 Å². The summed E-state index contributed by atoms with van der Waals surface area (Å²) < 4.78 is 3.39. The van der Waals surface area contributed by atoms with E-state index in [0.29, 0.717) is 7.35 Å². The van der Waals surface area contributed by atoms with Gasteiger partial charge in [-0.3, -0.25) is 0 Å². The van der Waals surface area contributed by atoms with E-state index in [1.165, 1.54) is 47.2 Å². The average molecular weight is 774 g/mol. The SMILES string of the molecule is CC(C)(C)C1=Cc2c(ccc3ccccc23)[CH]1[Hf+2]1([CH]2C(C(C)(C)C)=Cc3c2ccc2ccccc32)[CH]2CCCC[CH]21.[Cl-].[Cl-]. The fraction of sp³-hybridized carbons (Fsp3) is 0.400. The van der Waals surface area contributed by atoms with E-state index < -0.39 is 20.0 Å². The smallest absolute Gasteiger partial charge is 1.00 e. The summed E-state index contributed by atoms with van der Waals surface area (Å²) >= 11 is -3.25. The van der Waals surface area contributed by atoms with E-state index >= 15 is 0 Å². The van der Waals surface area contributed by atoms with Gasteiger partial charge in [-0.25, -0.2) is 0 Å². The molecule has 4 aromatic rings. The molecule has 1 aliphatic heterocycles. The van der Waals surface area contributed by atoms with Gasteiger partial charge in [0.25, 0.3) is 0 Å². The third kappa shape index (κ3) is 4.45. The van der Waals surface area contributed by atoms with E-state index in [1.54, 1.807) is 33.4 Å². The van der Waals surface area contributed by atoms with Crippen molar-refractivity contribution in [3.8, 4) is 0 Å². The number of halogens is 2. The molecule has 1 saturated heterocycles. The third-order valence-corrected chi connectivity index (χ3v) is 36.0. The van der Waals surface area contributed by atoms with Gasteiger partial charge in [-0.15, -0.1) is 0 Å². The van der Waals surface area contributed by atoms with Gasteiger partial charge in [0.1, 0.15) is 0 Å². The number of hydrogen-bond acceptors (Lipinski definition) is 0. The van der Waals surface area contributed by atoms with Crippen LogP contribution in [0.4, 0.5) is 0 Å². The Balaban J connectivity index is 0.00000165. The van der Waals surface area contributed by atoms with Crippen LogP contribution in [0, 0.1) is 10.8 Å². The predicted octanol–water partition coefficient (Wildman–Crippen LogP) is 5.99. The van der Waals surface area contributed by atoms with Crippen LogP contribution < -0.4 is 24.8 Å². The summed E-state index contributed by atoms with van der Waals surface area (Å²) in [4.78, 5) is 0. The van der Waals surface area contributed by atoms with Crippen molar-refractivity contribution in [2.75, 3.05) is 0 Å². The van der Waals surface area contributed by atoms with Gasteiger partial charge in [0.15, 0.2) is 0 Å². The molecule has 4 aliphatic rings. The minimum Gasteiger partial charge on any atom is -1.00 e. The Morgan fingerprint density at radius 1 is 0.535 bits per heavy atom. The molecule has 3 heteroatoms. The number of fused-ring (bicyclic) bond motifs is 7. The first-order valence-corrected chi connectivity index (χ1v) is 24.4. The van der Waals surface area contributed by atoms with Gasteiger partial charge >= 0.3 is 253 Å². The number of allylic oxidation sites excluding steroid dienone is 2. The summed E-state index contributed by atoms with van der Waals surface area (Å²) in [6, 6.07) is 28.3. The molecule has 43 heavy (non-hydrogen) atoms. The molecule has 4 atom stereocenters. The van der Waals surface area contributed by atoms with Gasteiger partial charge in [0.2, 0.25) is 0 Å². The average Bonchev–Trinajstić information content (AvgIpc) is 3.24. The molecule has 3 aliphatic carbocycles. The first kappa shape index (κ1) is 31.3. The fourth-order valence-corrected chi connectivity index (χ4v) is 46.6. The third-order valence-electron chi connectivity index (χ3n) is 11.5. The van der Waals surface area contributed by atoms with Crippen molar-refractivity contribution in [2.24, 2.45) is 10.8 Å². The molecule has 0 N–H and O–H groups in total. The molecule has 4 aromatic carbocycles. The van der Waals surface area contributed by atoms with E-state index in [4.69, 9.17) is 0 Å². The molecule has 222 valence electrons. The number of hydrogen-bond donors (Lipinski definition) is 0. The Bertz CT molecular complexity index is 1660. The molecule has 0 nitrogen and oxygen atoms in total. The normalized spacial score (nSPS) is 25.9. The molecule has 2 fully saturated rings. The van der Waals surface area contributed by atoms with Crippen molar-refractivity contribution in [1.82, 2.24) is 0 Å². The summed E-state index contributed by atoms with van der Waals surface area (Å²) in [6.45, 7) is 15.0. The maximum absolute atomic E-state index is 3.25. The predicted molar refractivity (Wildman–Crippen MR) is 174 cm³/mol. The van der Waals surface area contributed by atoms with Crippen molar-refractivity contribution in [2.45, 2.75) is 81.9 Å². The molecule has 4 unspecified atom stereocenters. The fourth-order valence-electron chi connectivity index (χ4n) is 9.88. The van der Waals surface area contributed by atoms with Crippen LogP contribution in [0.15, 0.2) is 83.9 Å². The van der Waals surface area contributed by atoms with E-state index in [2.05, 4.69) is 126 Å². The molecule has 0 bridgehead atoms. The Morgan fingerprint density at radius 2 is 0.930 bits per heavy atom. The first-order valence-electron chi connectivity index (χ1n) is 16.1. The van der Waals surface area contributed by atoms with Crippen molar-refractivity contribution >= 4 is 33.7 Å². The molecule has 0 radical (unpaired) electrons. The van der Waals surface area contributed by atoms with Crippen LogP contribution in [0.5, 0.6) is 0 Å². The van der Waals surface area contributed by atoms with Crippen LogP contribution >= 0.6 is 0 Å². The molecule has 0 aromatic heterocycles. The van der Waals surface area contributed by atoms with Crippen LogP contribution in [0.1, 0.15) is 96.8 Å². The molecule has 0 spiro atoms. The second-order valence-electron chi connectivity index (χ2n) is 15.6. The van der Waals surface area contributed by atoms with E-state index in [1.807, 2.05) is 0 Å². The minimum absolute atomic E-state index is 0. The summed E-state index contributed by atoms with van der Waals surface area (Å²) in [5, 5.41) is 5.71. The summed E-state index contributed by atoms with van der Waals surface area (Å²) in [5.41, 5.74) is 10.4. The van der Waals surface area contributed by atoms with Gasteiger partial charge in [0.05, 0.1) is 0 Å². The Labute approximate surface area is 275 Å². The quantitative estimate of drug-likeness (QED) is 0.220. The zero-order chi connectivity index (χ0) is 28.3. The topological polar surface area (TPSA) is 0 Å². The van der Waals surface area contributed by atoms with Crippen molar-refractivity contribution in [3.63, 3.8) is 0 Å². The van der Waals surface area contributed by atoms with Crippen LogP contribution in [0.25, 0.3) is 33.7 Å². The maximum Gasteiger partial charge on any atom is -1.00 e. The molecule has 8 rings (SSSR count). The maximum atomic E-state index is 2.70. The second kappa shape index (κ2) is 10.7. The van der Waals surface area contributed by atoms with Gasteiger partial charge < -0.3 is 24.8 Å². The van der Waals surface area contributed by atoms with Gasteiger partial charge in [0, 0.05) is 0 Å². The molecular weight excluding hydrogens is 730 g/mol. The van der Waals surface area contributed by atoms with Crippen LogP contribution in [0.2, 0.25) is 7.35 Å². The van der Waals surface area contributed by atoms with Gasteiger partial charge in [-0.1, -0.05) is 0 Å². The number of benzene rings is 4. The summed E-state index contributed by atoms with van der Waals surface area (Å²) in [6.07, 6.45) is 11.3. The van der Waals surface area contributed by atoms with E-state index in [0.717, 1.165) is 7.35 Å². The van der Waals surface area contributed by atoms with Crippen LogP contribution in [-0.2, 0) is 20.0 Å². The van der Waals surface area contributed by atoms with Gasteiger partial charge in [-0.2, -0.15) is 0 Å². The summed E-state index contributed by atoms with van der Waals surface area (Å²) in [5.74, 6) is 0.